The molecule has 6 nitrogen and oxygen atoms in total. The molecular weight excluding hydrogens is 272 g/mol. The number of rotatable bonds is 7. The second kappa shape index (κ2) is 6.98. The molecule has 1 heterocycles. The van der Waals surface area contributed by atoms with E-state index >= 15 is 0 Å². The molecule has 6 heteroatoms. The van der Waals surface area contributed by atoms with Crippen LogP contribution < -0.4 is 5.32 Å². The fourth-order valence-corrected chi connectivity index (χ4v) is 2.75. The first-order valence-corrected chi connectivity index (χ1v) is 7.20. The van der Waals surface area contributed by atoms with E-state index in [-0.39, 0.29) is 22.6 Å². The van der Waals surface area contributed by atoms with Crippen LogP contribution in [0.5, 0.6) is 0 Å². The third-order valence-corrected chi connectivity index (χ3v) is 4.13. The van der Waals surface area contributed by atoms with Crippen molar-refractivity contribution in [3.63, 3.8) is 0 Å². The van der Waals surface area contributed by atoms with E-state index < -0.39 is 0 Å². The number of aryl methyl sites for hydroxylation is 1. The van der Waals surface area contributed by atoms with E-state index in [2.05, 4.69) is 5.32 Å². The number of hydrogen-bond donors (Lipinski definition) is 2. The average Bonchev–Trinajstić information content (AvgIpc) is 2.89. The maximum atomic E-state index is 10.9. The number of nitrogens with zero attached hydrogens (tertiary/aromatic N) is 1. The van der Waals surface area contributed by atoms with Crippen molar-refractivity contribution >= 4 is 5.69 Å². The van der Waals surface area contributed by atoms with Crippen molar-refractivity contribution in [2.45, 2.75) is 26.3 Å². The molecule has 1 atom stereocenters. The molecule has 116 valence electrons. The number of benzene rings is 1. The van der Waals surface area contributed by atoms with Gasteiger partial charge < -0.3 is 15.2 Å². The van der Waals surface area contributed by atoms with E-state index in [1.807, 2.05) is 6.07 Å². The summed E-state index contributed by atoms with van der Waals surface area (Å²) in [7, 11) is 0. The van der Waals surface area contributed by atoms with E-state index in [9.17, 15) is 15.2 Å². The number of ether oxygens (including phenoxy) is 1. The lowest BCUT2D eigenvalue weighted by molar-refractivity contribution is -0.385. The van der Waals surface area contributed by atoms with Gasteiger partial charge >= 0.3 is 0 Å². The lowest BCUT2D eigenvalue weighted by Gasteiger charge is -2.26. The molecule has 1 saturated heterocycles. The molecule has 2 rings (SSSR count). The van der Waals surface area contributed by atoms with Crippen molar-refractivity contribution in [3.8, 4) is 0 Å². The Morgan fingerprint density at radius 2 is 2.33 bits per heavy atom. The third kappa shape index (κ3) is 4.00. The Labute approximate surface area is 124 Å². The summed E-state index contributed by atoms with van der Waals surface area (Å²) in [6, 6.07) is 5.29. The van der Waals surface area contributed by atoms with E-state index in [1.54, 1.807) is 19.1 Å². The Balaban J connectivity index is 1.94. The van der Waals surface area contributed by atoms with Crippen LogP contribution in [0, 0.1) is 22.5 Å². The molecule has 1 aliphatic rings. The minimum absolute atomic E-state index is 0.00855. The molecule has 1 unspecified atom stereocenters. The normalized spacial score (nSPS) is 21.6. The van der Waals surface area contributed by atoms with E-state index in [1.165, 1.54) is 0 Å². The Bertz CT molecular complexity index is 498. The highest BCUT2D eigenvalue weighted by Crippen LogP contribution is 2.31. The quantitative estimate of drug-likeness (QED) is 0.591. The predicted octanol–water partition coefficient (Wildman–Crippen LogP) is 1.78. The van der Waals surface area contributed by atoms with Gasteiger partial charge in [-0.2, -0.15) is 0 Å². The van der Waals surface area contributed by atoms with E-state index in [0.29, 0.717) is 25.1 Å². The predicted molar refractivity (Wildman–Crippen MR) is 79.1 cm³/mol. The van der Waals surface area contributed by atoms with Gasteiger partial charge in [-0.05, 0) is 25.3 Å². The summed E-state index contributed by atoms with van der Waals surface area (Å²) >= 11 is 0. The van der Waals surface area contributed by atoms with Gasteiger partial charge in [-0.15, -0.1) is 0 Å². The molecule has 1 aromatic carbocycles. The number of hydrogen-bond acceptors (Lipinski definition) is 5. The Morgan fingerprint density at radius 3 is 2.95 bits per heavy atom. The van der Waals surface area contributed by atoms with Gasteiger partial charge in [0, 0.05) is 43.3 Å². The summed E-state index contributed by atoms with van der Waals surface area (Å²) in [4.78, 5) is 10.6. The number of nitro groups is 1. The molecule has 0 bridgehead atoms. The van der Waals surface area contributed by atoms with Crippen LogP contribution in [-0.2, 0) is 11.3 Å². The summed E-state index contributed by atoms with van der Waals surface area (Å²) in [6.45, 7) is 4.61. The second-order valence-electron chi connectivity index (χ2n) is 5.76. The highest BCUT2D eigenvalue weighted by Gasteiger charge is 2.33. The van der Waals surface area contributed by atoms with Crippen molar-refractivity contribution < 1.29 is 14.8 Å². The zero-order valence-corrected chi connectivity index (χ0v) is 12.3. The van der Waals surface area contributed by atoms with E-state index in [0.717, 1.165) is 25.1 Å². The van der Waals surface area contributed by atoms with Crippen LogP contribution in [0.4, 0.5) is 5.69 Å². The molecule has 0 spiro atoms. The number of nitrogens with one attached hydrogen (secondary N) is 1. The summed E-state index contributed by atoms with van der Waals surface area (Å²) in [5.41, 5.74) is 1.71. The molecule has 2 N–H and O–H groups in total. The van der Waals surface area contributed by atoms with Gasteiger partial charge in [0.15, 0.2) is 0 Å². The molecule has 0 amide bonds. The van der Waals surface area contributed by atoms with Gasteiger partial charge in [0.2, 0.25) is 0 Å². The average molecular weight is 294 g/mol. The largest absolute Gasteiger partial charge is 0.396 e. The maximum Gasteiger partial charge on any atom is 0.272 e. The van der Waals surface area contributed by atoms with Gasteiger partial charge in [-0.1, -0.05) is 12.1 Å². The van der Waals surface area contributed by atoms with Gasteiger partial charge in [-0.25, -0.2) is 0 Å². The highest BCUT2D eigenvalue weighted by molar-refractivity contribution is 5.42. The smallest absolute Gasteiger partial charge is 0.272 e. The highest BCUT2D eigenvalue weighted by atomic mass is 16.6. The minimum Gasteiger partial charge on any atom is -0.396 e. The van der Waals surface area contributed by atoms with Crippen LogP contribution in [0.3, 0.4) is 0 Å². The molecular formula is C15H22N2O4. The van der Waals surface area contributed by atoms with Crippen LogP contribution in [0.1, 0.15) is 24.0 Å². The van der Waals surface area contributed by atoms with Crippen molar-refractivity contribution in [1.29, 1.82) is 0 Å². The second-order valence-corrected chi connectivity index (χ2v) is 5.76. The van der Waals surface area contributed by atoms with Gasteiger partial charge in [-0.3, -0.25) is 10.1 Å². The van der Waals surface area contributed by atoms with Gasteiger partial charge in [0.05, 0.1) is 11.5 Å². The lowest BCUT2D eigenvalue weighted by Crippen LogP contribution is -2.35. The van der Waals surface area contributed by atoms with Crippen molar-refractivity contribution in [2.24, 2.45) is 5.41 Å². The zero-order valence-electron chi connectivity index (χ0n) is 12.3. The monoisotopic (exact) mass is 294 g/mol. The SMILES string of the molecule is Cc1ccc(CNCC2(CCO)CCOC2)cc1[N+](=O)[O-]. The van der Waals surface area contributed by atoms with Crippen LogP contribution >= 0.6 is 0 Å². The fraction of sp³-hybridized carbons (Fsp3) is 0.600. The molecule has 1 fully saturated rings. The molecule has 0 aromatic heterocycles. The first-order chi connectivity index (χ1) is 10.1. The number of nitro benzene ring substituents is 1. The van der Waals surface area contributed by atoms with Crippen molar-refractivity contribution in [2.75, 3.05) is 26.4 Å². The zero-order chi connectivity index (χ0) is 15.3. The first kappa shape index (κ1) is 15.9. The lowest BCUT2D eigenvalue weighted by atomic mass is 9.84. The van der Waals surface area contributed by atoms with E-state index in [4.69, 9.17) is 4.74 Å². The van der Waals surface area contributed by atoms with Crippen LogP contribution in [0.15, 0.2) is 18.2 Å². The van der Waals surface area contributed by atoms with Crippen molar-refractivity contribution in [3.05, 3.63) is 39.4 Å². The molecule has 0 aliphatic carbocycles. The third-order valence-electron chi connectivity index (χ3n) is 4.13. The number of aliphatic hydroxyl groups is 1. The molecule has 0 saturated carbocycles. The first-order valence-electron chi connectivity index (χ1n) is 7.20. The maximum absolute atomic E-state index is 10.9. The topological polar surface area (TPSA) is 84.6 Å². The summed E-state index contributed by atoms with van der Waals surface area (Å²) in [5.74, 6) is 0. The Hall–Kier alpha value is -1.50. The fourth-order valence-electron chi connectivity index (χ4n) is 2.75. The van der Waals surface area contributed by atoms with Gasteiger partial charge in [0.25, 0.3) is 5.69 Å². The minimum atomic E-state index is -0.350. The molecule has 21 heavy (non-hydrogen) atoms. The standard InChI is InChI=1S/C15H22N2O4/c1-12-2-3-13(8-14(12)17(19)20)9-16-10-15(4-6-18)5-7-21-11-15/h2-3,8,16,18H,4-7,9-11H2,1H3. The summed E-state index contributed by atoms with van der Waals surface area (Å²) in [6.07, 6.45) is 1.66. The van der Waals surface area contributed by atoms with Crippen LogP contribution in [-0.4, -0.2) is 36.4 Å². The molecule has 1 aromatic rings. The molecule has 1 aliphatic heterocycles. The van der Waals surface area contributed by atoms with Crippen LogP contribution in [0.2, 0.25) is 0 Å². The number of aliphatic hydroxyl groups excluding tert-OH is 1. The summed E-state index contributed by atoms with van der Waals surface area (Å²) in [5, 5.41) is 23.5. The van der Waals surface area contributed by atoms with Crippen molar-refractivity contribution in [1.82, 2.24) is 5.32 Å². The molecule has 0 radical (unpaired) electrons. The van der Waals surface area contributed by atoms with Gasteiger partial charge in [0.1, 0.15) is 0 Å². The Kier molecular flexibility index (Phi) is 5.27. The Morgan fingerprint density at radius 1 is 1.52 bits per heavy atom. The summed E-state index contributed by atoms with van der Waals surface area (Å²) < 4.78 is 5.44. The van der Waals surface area contributed by atoms with Crippen LogP contribution in [0.25, 0.3) is 0 Å².